The maximum atomic E-state index is 11.3. The van der Waals surface area contributed by atoms with Gasteiger partial charge in [0.05, 0.1) is 18.1 Å². The van der Waals surface area contributed by atoms with Crippen molar-refractivity contribution < 1.29 is 14.9 Å². The van der Waals surface area contributed by atoms with Crippen LogP contribution in [0.2, 0.25) is 0 Å². The zero-order chi connectivity index (χ0) is 20.4. The van der Waals surface area contributed by atoms with Gasteiger partial charge in [0.25, 0.3) is 5.69 Å². The average molecular weight is 391 g/mol. The van der Waals surface area contributed by atoms with Crippen LogP contribution < -0.4 is 9.64 Å². The highest BCUT2D eigenvalue weighted by atomic mass is 16.6. The molecule has 7 nitrogen and oxygen atoms in total. The number of ether oxygens (including phenoxy) is 1. The first kappa shape index (κ1) is 18.9. The Labute approximate surface area is 168 Å². The van der Waals surface area contributed by atoms with Crippen molar-refractivity contribution in [3.8, 4) is 5.75 Å². The van der Waals surface area contributed by atoms with E-state index < -0.39 is 11.1 Å². The van der Waals surface area contributed by atoms with Gasteiger partial charge in [0, 0.05) is 24.4 Å². The van der Waals surface area contributed by atoms with Gasteiger partial charge < -0.3 is 14.8 Å². The van der Waals surface area contributed by atoms with Gasteiger partial charge in [-0.3, -0.25) is 10.1 Å². The molecule has 0 amide bonds. The largest absolute Gasteiger partial charge is 0.497 e. The Hall–Kier alpha value is -3.42. The zero-order valence-electron chi connectivity index (χ0n) is 15.9. The quantitative estimate of drug-likeness (QED) is 0.508. The molecule has 0 radical (unpaired) electrons. The van der Waals surface area contributed by atoms with E-state index in [0.717, 1.165) is 17.0 Å². The van der Waals surface area contributed by atoms with E-state index in [0.29, 0.717) is 12.1 Å². The van der Waals surface area contributed by atoms with Gasteiger partial charge in [-0.25, -0.2) is 0 Å². The van der Waals surface area contributed by atoms with Crippen LogP contribution in [0.1, 0.15) is 23.3 Å². The summed E-state index contributed by atoms with van der Waals surface area (Å²) in [7, 11) is 1.61. The lowest BCUT2D eigenvalue weighted by Gasteiger charge is -2.29. The zero-order valence-corrected chi connectivity index (χ0v) is 15.9. The Morgan fingerprint density at radius 1 is 1.00 bits per heavy atom. The van der Waals surface area contributed by atoms with E-state index in [4.69, 9.17) is 4.74 Å². The second-order valence-corrected chi connectivity index (χ2v) is 6.88. The van der Waals surface area contributed by atoms with Crippen molar-refractivity contribution in [3.05, 3.63) is 100 Å². The third-order valence-corrected chi connectivity index (χ3v) is 5.20. The normalized spacial score (nSPS) is 19.3. The predicted octanol–water partition coefficient (Wildman–Crippen LogP) is 4.55. The first-order valence-corrected chi connectivity index (χ1v) is 9.25. The summed E-state index contributed by atoms with van der Waals surface area (Å²) in [6.07, 6.45) is -0.562. The molecular weight excluding hydrogens is 370 g/mol. The van der Waals surface area contributed by atoms with E-state index in [2.05, 4.69) is 0 Å². The van der Waals surface area contributed by atoms with Crippen LogP contribution in [-0.4, -0.2) is 28.8 Å². The highest BCUT2D eigenvalue weighted by Crippen LogP contribution is 2.42. The standard InChI is InChI=1S/C22H21N3O4/c1-29-20-12-10-18(11-13-20)23-15-21(16-6-3-2-4-7-16)24(26)22(23)17-8-5-9-19(14-17)25(27)28/h2-14,21-22,26H,15H2,1H3. The lowest BCUT2D eigenvalue weighted by Crippen LogP contribution is -2.29. The summed E-state index contributed by atoms with van der Waals surface area (Å²) >= 11 is 0. The number of nitro groups is 1. The number of rotatable bonds is 5. The number of benzene rings is 3. The molecule has 3 aromatic carbocycles. The van der Waals surface area contributed by atoms with Crippen LogP contribution in [0.3, 0.4) is 0 Å². The van der Waals surface area contributed by atoms with Crippen LogP contribution in [-0.2, 0) is 0 Å². The second-order valence-electron chi connectivity index (χ2n) is 6.88. The Morgan fingerprint density at radius 3 is 2.34 bits per heavy atom. The molecule has 0 saturated carbocycles. The highest BCUT2D eigenvalue weighted by Gasteiger charge is 2.41. The molecule has 0 aliphatic carbocycles. The number of methoxy groups -OCH3 is 1. The molecule has 0 spiro atoms. The van der Waals surface area contributed by atoms with Crippen molar-refractivity contribution >= 4 is 11.4 Å². The molecule has 1 saturated heterocycles. The summed E-state index contributed by atoms with van der Waals surface area (Å²) in [6.45, 7) is 0.528. The van der Waals surface area contributed by atoms with Crippen molar-refractivity contribution in [1.29, 1.82) is 0 Å². The maximum absolute atomic E-state index is 11.3. The monoisotopic (exact) mass is 391 g/mol. The average Bonchev–Trinajstić information content (AvgIpc) is 3.11. The molecule has 4 rings (SSSR count). The van der Waals surface area contributed by atoms with E-state index in [-0.39, 0.29) is 11.7 Å². The van der Waals surface area contributed by atoms with Gasteiger partial charge in [0.15, 0.2) is 0 Å². The molecule has 1 fully saturated rings. The third kappa shape index (κ3) is 3.65. The van der Waals surface area contributed by atoms with Gasteiger partial charge in [-0.15, -0.1) is 0 Å². The van der Waals surface area contributed by atoms with Crippen LogP contribution >= 0.6 is 0 Å². The fourth-order valence-electron chi connectivity index (χ4n) is 3.77. The van der Waals surface area contributed by atoms with Crippen molar-refractivity contribution in [2.75, 3.05) is 18.6 Å². The van der Waals surface area contributed by atoms with Gasteiger partial charge in [-0.2, -0.15) is 5.06 Å². The minimum atomic E-state index is -0.562. The molecule has 148 valence electrons. The topological polar surface area (TPSA) is 79.1 Å². The number of nitrogens with zero attached hydrogens (tertiary/aromatic N) is 3. The number of hydrogen-bond acceptors (Lipinski definition) is 6. The lowest BCUT2D eigenvalue weighted by molar-refractivity contribution is -0.385. The second kappa shape index (κ2) is 7.90. The minimum absolute atomic E-state index is 0.00579. The summed E-state index contributed by atoms with van der Waals surface area (Å²) in [5.41, 5.74) is 2.51. The Balaban J connectivity index is 1.77. The van der Waals surface area contributed by atoms with E-state index >= 15 is 0 Å². The first-order valence-electron chi connectivity index (χ1n) is 9.25. The number of non-ortho nitro benzene ring substituents is 1. The van der Waals surface area contributed by atoms with Gasteiger partial charge in [0.2, 0.25) is 0 Å². The van der Waals surface area contributed by atoms with Crippen LogP contribution in [0, 0.1) is 10.1 Å². The number of nitro benzene ring substituents is 1. The molecule has 7 heteroatoms. The van der Waals surface area contributed by atoms with Crippen LogP contribution in [0.15, 0.2) is 78.9 Å². The fourth-order valence-corrected chi connectivity index (χ4v) is 3.77. The van der Waals surface area contributed by atoms with Crippen molar-refractivity contribution in [1.82, 2.24) is 5.06 Å². The van der Waals surface area contributed by atoms with Gasteiger partial charge >= 0.3 is 0 Å². The van der Waals surface area contributed by atoms with Crippen LogP contribution in [0.4, 0.5) is 11.4 Å². The highest BCUT2D eigenvalue weighted by molar-refractivity contribution is 5.53. The Morgan fingerprint density at radius 2 is 1.69 bits per heavy atom. The molecule has 1 aliphatic heterocycles. The number of hydrogen-bond donors (Lipinski definition) is 1. The first-order chi connectivity index (χ1) is 14.1. The summed E-state index contributed by atoms with van der Waals surface area (Å²) < 4.78 is 5.24. The van der Waals surface area contributed by atoms with E-state index in [9.17, 15) is 15.3 Å². The minimum Gasteiger partial charge on any atom is -0.497 e. The summed E-state index contributed by atoms with van der Waals surface area (Å²) in [5, 5.41) is 23.7. The molecule has 1 aliphatic rings. The van der Waals surface area contributed by atoms with E-state index in [1.807, 2.05) is 59.5 Å². The molecular formula is C22H21N3O4. The van der Waals surface area contributed by atoms with Crippen molar-refractivity contribution in [2.24, 2.45) is 0 Å². The van der Waals surface area contributed by atoms with Crippen molar-refractivity contribution in [3.63, 3.8) is 0 Å². The van der Waals surface area contributed by atoms with E-state index in [1.165, 1.54) is 17.2 Å². The smallest absolute Gasteiger partial charge is 0.269 e. The van der Waals surface area contributed by atoms with Gasteiger partial charge in [-0.1, -0.05) is 42.5 Å². The SMILES string of the molecule is COc1ccc(N2CC(c3ccccc3)N(O)C2c2cccc([N+](=O)[O-])c2)cc1. The predicted molar refractivity (Wildman–Crippen MR) is 109 cm³/mol. The van der Waals surface area contributed by atoms with Gasteiger partial charge in [-0.05, 0) is 35.4 Å². The van der Waals surface area contributed by atoms with E-state index in [1.54, 1.807) is 19.2 Å². The molecule has 2 atom stereocenters. The summed E-state index contributed by atoms with van der Waals surface area (Å²) in [5.74, 6) is 0.736. The molecule has 29 heavy (non-hydrogen) atoms. The fraction of sp³-hybridized carbons (Fsp3) is 0.182. The Kier molecular flexibility index (Phi) is 5.16. The molecule has 2 unspecified atom stereocenters. The lowest BCUT2D eigenvalue weighted by atomic mass is 10.1. The molecule has 3 aromatic rings. The molecule has 0 aromatic heterocycles. The number of anilines is 1. The summed E-state index contributed by atoms with van der Waals surface area (Å²) in [6, 6.07) is 23.4. The van der Waals surface area contributed by atoms with Gasteiger partial charge in [0.1, 0.15) is 11.9 Å². The van der Waals surface area contributed by atoms with Crippen LogP contribution in [0.25, 0.3) is 0 Å². The summed E-state index contributed by atoms with van der Waals surface area (Å²) in [4.78, 5) is 12.9. The Bertz CT molecular complexity index is 994. The molecule has 0 bridgehead atoms. The maximum Gasteiger partial charge on any atom is 0.269 e. The van der Waals surface area contributed by atoms with Crippen molar-refractivity contribution in [2.45, 2.75) is 12.2 Å². The number of hydroxylamine groups is 2. The molecule has 1 heterocycles. The van der Waals surface area contributed by atoms with Crippen LogP contribution in [0.5, 0.6) is 5.75 Å². The molecule has 1 N–H and O–H groups in total. The third-order valence-electron chi connectivity index (χ3n) is 5.20.